The minimum absolute atomic E-state index is 0.00943. The largest absolute Gasteiger partial charge is 0.465 e. The predicted octanol–water partition coefficient (Wildman–Crippen LogP) is 4.87. The molecular weight excluding hydrogens is 481 g/mol. The fourth-order valence-corrected chi connectivity index (χ4v) is 3.80. The molecule has 1 aromatic heterocycles. The zero-order valence-corrected chi connectivity index (χ0v) is 23.0. The van der Waals surface area contributed by atoms with Gasteiger partial charge in [-0.2, -0.15) is 0 Å². The monoisotopic (exact) mass is 519 g/mol. The maximum Gasteiger partial charge on any atom is 0.337 e. The molecule has 0 radical (unpaired) electrons. The molecule has 0 aliphatic carbocycles. The average Bonchev–Trinajstić information content (AvgIpc) is 2.80. The molecule has 0 spiro atoms. The Balaban J connectivity index is 2.09. The van der Waals surface area contributed by atoms with E-state index in [-0.39, 0.29) is 35.4 Å². The molecule has 0 saturated heterocycles. The Morgan fingerprint density at radius 1 is 1.14 bits per heavy atom. The van der Waals surface area contributed by atoms with E-state index in [1.54, 1.807) is 31.2 Å². The van der Waals surface area contributed by atoms with Crippen LogP contribution < -0.4 is 5.32 Å². The third-order valence-corrected chi connectivity index (χ3v) is 9.57. The van der Waals surface area contributed by atoms with E-state index in [9.17, 15) is 9.18 Å². The van der Waals surface area contributed by atoms with E-state index in [1.165, 1.54) is 24.1 Å². The smallest absolute Gasteiger partial charge is 0.337 e. The van der Waals surface area contributed by atoms with Crippen LogP contribution in [0.3, 0.4) is 0 Å². The van der Waals surface area contributed by atoms with Crippen LogP contribution in [0, 0.1) is 16.6 Å². The molecule has 2 aromatic rings. The van der Waals surface area contributed by atoms with Crippen LogP contribution in [-0.2, 0) is 28.6 Å². The molecule has 198 valence electrons. The van der Waals surface area contributed by atoms with Crippen molar-refractivity contribution in [3.63, 3.8) is 0 Å². The highest BCUT2D eigenvalue weighted by molar-refractivity contribution is 8.29. The van der Waals surface area contributed by atoms with E-state index in [2.05, 4.69) is 43.6 Å². The van der Waals surface area contributed by atoms with E-state index >= 15 is 0 Å². The molecule has 0 fully saturated rings. The van der Waals surface area contributed by atoms with Crippen LogP contribution in [0.15, 0.2) is 36.4 Å². The highest BCUT2D eigenvalue weighted by Crippen LogP contribution is 2.54. The Labute approximate surface area is 215 Å². The van der Waals surface area contributed by atoms with Crippen molar-refractivity contribution in [3.8, 4) is 0 Å². The van der Waals surface area contributed by atoms with Crippen LogP contribution in [0.4, 0.5) is 4.39 Å². The van der Waals surface area contributed by atoms with Crippen LogP contribution in [-0.4, -0.2) is 58.4 Å². The third kappa shape index (κ3) is 8.39. The van der Waals surface area contributed by atoms with Gasteiger partial charge in [0.2, 0.25) is 0 Å². The van der Waals surface area contributed by atoms with Crippen molar-refractivity contribution in [2.45, 2.75) is 52.1 Å². The van der Waals surface area contributed by atoms with Crippen molar-refractivity contribution in [2.75, 3.05) is 26.2 Å². The molecule has 0 bridgehead atoms. The number of carbonyl (C=O) groups is 1. The summed E-state index contributed by atoms with van der Waals surface area (Å²) < 4.78 is 24.3. The number of halogens is 1. The van der Waals surface area contributed by atoms with Gasteiger partial charge in [-0.25, -0.2) is 9.18 Å². The number of aromatic nitrogens is 1. The summed E-state index contributed by atoms with van der Waals surface area (Å²) in [7, 11) is -0.0342. The van der Waals surface area contributed by atoms with Crippen molar-refractivity contribution < 1.29 is 18.1 Å². The summed E-state index contributed by atoms with van der Waals surface area (Å²) in [4.78, 5) is 18.4. The zero-order chi connectivity index (χ0) is 27.1. The normalized spacial score (nSPS) is 12.2. The van der Waals surface area contributed by atoms with Crippen LogP contribution in [0.1, 0.15) is 55.0 Å². The van der Waals surface area contributed by atoms with Gasteiger partial charge in [0.1, 0.15) is 18.3 Å². The van der Waals surface area contributed by atoms with Gasteiger partial charge < -0.3 is 19.1 Å². The Morgan fingerprint density at radius 3 is 2.31 bits per heavy atom. The maximum absolute atomic E-state index is 13.2. The number of hydrogen-bond donors (Lipinski definition) is 3. The predicted molar refractivity (Wildman–Crippen MR) is 144 cm³/mol. The first-order valence-corrected chi connectivity index (χ1v) is 13.9. The van der Waals surface area contributed by atoms with Gasteiger partial charge in [-0.05, 0) is 49.3 Å². The number of pyridine rings is 1. The first-order chi connectivity index (χ1) is 16.7. The number of ether oxygens (including phenoxy) is 1. The Morgan fingerprint density at radius 2 is 1.75 bits per heavy atom. The number of benzene rings is 1. The highest BCUT2D eigenvalue weighted by Gasteiger charge is 2.29. The van der Waals surface area contributed by atoms with Gasteiger partial charge in [-0.15, -0.1) is 10.3 Å². The molecule has 1 heterocycles. The van der Waals surface area contributed by atoms with Gasteiger partial charge in [0.15, 0.2) is 0 Å². The van der Waals surface area contributed by atoms with E-state index in [4.69, 9.17) is 19.7 Å². The molecule has 10 heteroatoms. The van der Waals surface area contributed by atoms with E-state index in [0.717, 1.165) is 5.56 Å². The first-order valence-electron chi connectivity index (χ1n) is 11.5. The molecule has 0 aliphatic heterocycles. The quantitative estimate of drug-likeness (QED) is 0.235. The van der Waals surface area contributed by atoms with Crippen molar-refractivity contribution in [2.24, 2.45) is 0 Å². The van der Waals surface area contributed by atoms with Crippen LogP contribution in [0.25, 0.3) is 0 Å². The summed E-state index contributed by atoms with van der Waals surface area (Å²) in [6.07, 6.45) is 4.21. The summed E-state index contributed by atoms with van der Waals surface area (Å²) in [5, 5.41) is 19.7. The molecule has 0 unspecified atom stereocenters. The fraction of sp³-hybridized carbons (Fsp3) is 0.462. The molecule has 36 heavy (non-hydrogen) atoms. The topological polar surface area (TPSA) is 111 Å². The lowest BCUT2D eigenvalue weighted by Gasteiger charge is -2.43. The number of amidine groups is 2. The number of methoxy groups -OCH3 is 1. The van der Waals surface area contributed by atoms with Crippen LogP contribution in [0.5, 0.6) is 0 Å². The number of hydrogen-bond acceptors (Lipinski definition) is 7. The van der Waals surface area contributed by atoms with Gasteiger partial charge in [-0.3, -0.25) is 15.8 Å². The van der Waals surface area contributed by atoms with Crippen LogP contribution in [0.2, 0.25) is 0 Å². The summed E-state index contributed by atoms with van der Waals surface area (Å²) in [5.41, 5.74) is 2.42. The second-order valence-electron chi connectivity index (χ2n) is 9.79. The minimum Gasteiger partial charge on any atom is -0.465 e. The first kappa shape index (κ1) is 29.4. The van der Waals surface area contributed by atoms with E-state index < -0.39 is 16.3 Å². The SMILES string of the molecule is COC(=O)c1cc(CNCC(=N)N(Cc2ccc(F)cc2)C(C)=N)nc(COS(C)(C)C(C)(C)C)c1. The molecule has 3 N–H and O–H groups in total. The second-order valence-corrected chi connectivity index (χ2v) is 13.7. The van der Waals surface area contributed by atoms with Gasteiger partial charge >= 0.3 is 5.97 Å². The van der Waals surface area contributed by atoms with Crippen molar-refractivity contribution in [1.82, 2.24) is 15.2 Å². The fourth-order valence-electron chi connectivity index (χ4n) is 3.03. The van der Waals surface area contributed by atoms with Crippen molar-refractivity contribution >= 4 is 27.9 Å². The Hall–Kier alpha value is -2.82. The van der Waals surface area contributed by atoms with Gasteiger partial charge in [0, 0.05) is 11.3 Å². The number of nitrogens with zero attached hydrogens (tertiary/aromatic N) is 2. The number of esters is 1. The lowest BCUT2D eigenvalue weighted by molar-refractivity contribution is 0.0600. The molecule has 2 rings (SSSR count). The van der Waals surface area contributed by atoms with Gasteiger partial charge in [0.05, 0.1) is 43.0 Å². The lowest BCUT2D eigenvalue weighted by Crippen LogP contribution is -2.39. The number of nitrogens with one attached hydrogen (secondary N) is 3. The molecular formula is C26H38FN5O3S. The van der Waals surface area contributed by atoms with Crippen molar-refractivity contribution in [3.05, 3.63) is 64.7 Å². The Kier molecular flexibility index (Phi) is 10.2. The third-order valence-electron chi connectivity index (χ3n) is 5.91. The van der Waals surface area contributed by atoms with Gasteiger partial charge in [-0.1, -0.05) is 32.9 Å². The molecule has 8 nitrogen and oxygen atoms in total. The van der Waals surface area contributed by atoms with Crippen molar-refractivity contribution in [1.29, 1.82) is 10.8 Å². The Bertz CT molecular complexity index is 1080. The minimum atomic E-state index is -1.37. The summed E-state index contributed by atoms with van der Waals surface area (Å²) in [6.45, 7) is 9.06. The molecule has 1 aromatic carbocycles. The molecule has 0 aliphatic rings. The highest BCUT2D eigenvalue weighted by atomic mass is 32.3. The summed E-state index contributed by atoms with van der Waals surface area (Å²) >= 11 is 0. The zero-order valence-electron chi connectivity index (χ0n) is 22.2. The molecule has 0 atom stereocenters. The average molecular weight is 520 g/mol. The summed E-state index contributed by atoms with van der Waals surface area (Å²) in [5.74, 6) is -0.390. The van der Waals surface area contributed by atoms with Crippen LogP contribution >= 0.6 is 10.3 Å². The number of rotatable bonds is 10. The van der Waals surface area contributed by atoms with E-state index in [1.807, 2.05) is 0 Å². The summed E-state index contributed by atoms with van der Waals surface area (Å²) in [6, 6.07) is 9.34. The maximum atomic E-state index is 13.2. The molecule has 0 amide bonds. The lowest BCUT2D eigenvalue weighted by atomic mass is 10.2. The standard InChI is InChI=1S/C26H38FN5O3S/c1-18(28)32(16-19-8-10-21(27)11-9-19)24(29)15-30-14-22-12-20(25(33)34-5)13-23(31-22)17-35-36(6,7)26(2,3)4/h8-13,28-30H,14-17H2,1-7H3. The number of carbonyl (C=O) groups excluding carboxylic acids is 1. The van der Waals surface area contributed by atoms with Gasteiger partial charge in [0.25, 0.3) is 0 Å². The van der Waals surface area contributed by atoms with E-state index in [0.29, 0.717) is 30.0 Å². The molecule has 0 saturated carbocycles. The second kappa shape index (κ2) is 12.4.